The maximum atomic E-state index is 13.6. The second kappa shape index (κ2) is 9.26. The Morgan fingerprint density at radius 1 is 0.939 bits per heavy atom. The molecule has 0 unspecified atom stereocenters. The van der Waals surface area contributed by atoms with E-state index in [2.05, 4.69) is 0 Å². The fourth-order valence-electron chi connectivity index (χ4n) is 3.50. The summed E-state index contributed by atoms with van der Waals surface area (Å²) in [6.07, 6.45) is 1.60. The first-order valence-corrected chi connectivity index (χ1v) is 11.9. The third-order valence-corrected chi connectivity index (χ3v) is 6.81. The molecule has 1 heterocycles. The zero-order valence-corrected chi connectivity index (χ0v) is 20.9. The number of amidine groups is 1. The van der Waals surface area contributed by atoms with Gasteiger partial charge in [-0.3, -0.25) is 9.69 Å². The van der Waals surface area contributed by atoms with Crippen LogP contribution >= 0.6 is 35.0 Å². The van der Waals surface area contributed by atoms with Crippen molar-refractivity contribution in [3.8, 4) is 5.75 Å². The monoisotopic (exact) mass is 496 g/mol. The average molecular weight is 497 g/mol. The molecule has 33 heavy (non-hydrogen) atoms. The lowest BCUT2D eigenvalue weighted by molar-refractivity contribution is -0.113. The summed E-state index contributed by atoms with van der Waals surface area (Å²) in [6.45, 7) is 7.95. The molecule has 0 radical (unpaired) electrons. The van der Waals surface area contributed by atoms with Gasteiger partial charge in [0.2, 0.25) is 0 Å². The molecule has 4 nitrogen and oxygen atoms in total. The van der Waals surface area contributed by atoms with Crippen LogP contribution in [-0.4, -0.2) is 16.2 Å². The van der Waals surface area contributed by atoms with Gasteiger partial charge in [-0.1, -0.05) is 47.5 Å². The highest BCUT2D eigenvalue weighted by molar-refractivity contribution is 8.19. The largest absolute Gasteiger partial charge is 0.506 e. The molecule has 1 fully saturated rings. The topological polar surface area (TPSA) is 52.9 Å². The van der Waals surface area contributed by atoms with E-state index in [4.69, 9.17) is 28.2 Å². The van der Waals surface area contributed by atoms with Crippen LogP contribution in [0.5, 0.6) is 5.75 Å². The molecule has 0 spiro atoms. The Balaban J connectivity index is 1.89. The number of hydrogen-bond acceptors (Lipinski definition) is 4. The highest BCUT2D eigenvalue weighted by Crippen LogP contribution is 2.41. The summed E-state index contributed by atoms with van der Waals surface area (Å²) in [5.41, 5.74) is 6.04. The Kier molecular flexibility index (Phi) is 6.57. The Morgan fingerprint density at radius 2 is 1.61 bits per heavy atom. The number of aryl methyl sites for hydroxylation is 4. The van der Waals surface area contributed by atoms with Crippen LogP contribution in [0.1, 0.15) is 27.8 Å². The van der Waals surface area contributed by atoms with Gasteiger partial charge < -0.3 is 5.11 Å². The van der Waals surface area contributed by atoms with Crippen molar-refractivity contribution in [1.82, 2.24) is 0 Å². The van der Waals surface area contributed by atoms with Crippen molar-refractivity contribution in [3.63, 3.8) is 0 Å². The quantitative estimate of drug-likeness (QED) is 0.377. The van der Waals surface area contributed by atoms with Gasteiger partial charge >= 0.3 is 0 Å². The zero-order chi connectivity index (χ0) is 23.9. The number of anilines is 1. The number of carbonyl (C=O) groups excluding carboxylic acids is 1. The van der Waals surface area contributed by atoms with Crippen molar-refractivity contribution < 1.29 is 9.90 Å². The standard InChI is InChI=1S/C26H22Cl2N2O2S/c1-14-5-7-16(3)21(9-14)29-26-30(22-10-15(2)6-8-17(22)4)25(32)23(33-26)12-18-11-19(27)13-20(28)24(18)31/h5-13,31H,1-4H3/b23-12+,29-26?. The fourth-order valence-corrected chi connectivity index (χ4v) is 4.99. The van der Waals surface area contributed by atoms with Crippen LogP contribution < -0.4 is 4.90 Å². The number of halogens is 2. The lowest BCUT2D eigenvalue weighted by atomic mass is 10.1. The van der Waals surface area contributed by atoms with E-state index in [0.717, 1.165) is 33.6 Å². The molecule has 1 aliphatic rings. The molecule has 1 saturated heterocycles. The zero-order valence-electron chi connectivity index (χ0n) is 18.6. The summed E-state index contributed by atoms with van der Waals surface area (Å²) in [5, 5.41) is 11.4. The molecule has 4 rings (SSSR count). The Bertz CT molecular complexity index is 1350. The SMILES string of the molecule is Cc1ccc(C)c(N=C2S/C(=C/c3cc(Cl)cc(Cl)c3O)C(=O)N2c2cc(C)ccc2C)c1. The third-order valence-electron chi connectivity index (χ3n) is 5.34. The summed E-state index contributed by atoms with van der Waals surface area (Å²) < 4.78 is 0. The van der Waals surface area contributed by atoms with E-state index in [0.29, 0.717) is 20.7 Å². The van der Waals surface area contributed by atoms with Crippen molar-refractivity contribution >= 4 is 63.5 Å². The summed E-state index contributed by atoms with van der Waals surface area (Å²) in [5.74, 6) is -0.353. The van der Waals surface area contributed by atoms with Gasteiger partial charge in [-0.2, -0.15) is 0 Å². The number of hydrogen-bond donors (Lipinski definition) is 1. The molecular formula is C26H22Cl2N2O2S. The van der Waals surface area contributed by atoms with Crippen LogP contribution in [0.4, 0.5) is 11.4 Å². The maximum Gasteiger partial charge on any atom is 0.271 e. The molecule has 7 heteroatoms. The number of benzene rings is 3. The Labute approximate surface area is 207 Å². The number of nitrogens with zero attached hydrogens (tertiary/aromatic N) is 2. The molecule has 3 aromatic carbocycles. The number of thioether (sulfide) groups is 1. The first kappa shape index (κ1) is 23.4. The molecule has 0 bridgehead atoms. The highest BCUT2D eigenvalue weighted by Gasteiger charge is 2.36. The number of carbonyl (C=O) groups is 1. The smallest absolute Gasteiger partial charge is 0.271 e. The molecule has 0 atom stereocenters. The lowest BCUT2D eigenvalue weighted by Crippen LogP contribution is -2.29. The van der Waals surface area contributed by atoms with Crippen molar-refractivity contribution in [2.45, 2.75) is 27.7 Å². The summed E-state index contributed by atoms with van der Waals surface area (Å²) in [6, 6.07) is 15.1. The van der Waals surface area contributed by atoms with Crippen LogP contribution in [0, 0.1) is 27.7 Å². The average Bonchev–Trinajstić information content (AvgIpc) is 3.05. The molecular weight excluding hydrogens is 475 g/mol. The number of amides is 1. The third kappa shape index (κ3) is 4.81. The van der Waals surface area contributed by atoms with Crippen molar-refractivity contribution in [1.29, 1.82) is 0 Å². The van der Waals surface area contributed by atoms with E-state index < -0.39 is 0 Å². The number of aromatic hydroxyl groups is 1. The molecule has 0 saturated carbocycles. The van der Waals surface area contributed by atoms with Crippen molar-refractivity contribution in [2.24, 2.45) is 4.99 Å². The Morgan fingerprint density at radius 3 is 2.33 bits per heavy atom. The van der Waals surface area contributed by atoms with Gasteiger partial charge in [0.1, 0.15) is 5.75 Å². The van der Waals surface area contributed by atoms with E-state index in [9.17, 15) is 9.90 Å². The van der Waals surface area contributed by atoms with E-state index in [1.165, 1.54) is 17.8 Å². The molecule has 0 aliphatic carbocycles. The molecule has 3 aromatic rings. The number of phenols is 1. The van der Waals surface area contributed by atoms with E-state index >= 15 is 0 Å². The van der Waals surface area contributed by atoms with Gasteiger partial charge in [0.05, 0.1) is 21.3 Å². The van der Waals surface area contributed by atoms with Gasteiger partial charge in [-0.25, -0.2) is 4.99 Å². The predicted octanol–water partition coefficient (Wildman–Crippen LogP) is 7.74. The molecule has 1 aliphatic heterocycles. The van der Waals surface area contributed by atoms with Crippen LogP contribution in [0.2, 0.25) is 10.0 Å². The van der Waals surface area contributed by atoms with Crippen molar-refractivity contribution in [2.75, 3.05) is 4.90 Å². The van der Waals surface area contributed by atoms with Gasteiger partial charge in [-0.15, -0.1) is 0 Å². The minimum Gasteiger partial charge on any atom is -0.506 e. The maximum absolute atomic E-state index is 13.6. The second-order valence-corrected chi connectivity index (χ2v) is 9.90. The van der Waals surface area contributed by atoms with Gasteiger partial charge in [0.25, 0.3) is 5.91 Å². The van der Waals surface area contributed by atoms with E-state index in [-0.39, 0.29) is 16.7 Å². The second-order valence-electron chi connectivity index (χ2n) is 8.05. The lowest BCUT2D eigenvalue weighted by Gasteiger charge is -2.19. The normalized spacial score (nSPS) is 16.3. The van der Waals surface area contributed by atoms with Gasteiger partial charge in [-0.05, 0) is 92.1 Å². The van der Waals surface area contributed by atoms with E-state index in [1.807, 2.05) is 64.1 Å². The minimum absolute atomic E-state index is 0.125. The number of aliphatic imine (C=N–C) groups is 1. The fraction of sp³-hybridized carbons (Fsp3) is 0.154. The summed E-state index contributed by atoms with van der Waals surface area (Å²) in [7, 11) is 0. The Hall–Kier alpha value is -2.73. The van der Waals surface area contributed by atoms with Crippen LogP contribution in [0.15, 0.2) is 58.4 Å². The first-order chi connectivity index (χ1) is 15.6. The summed E-state index contributed by atoms with van der Waals surface area (Å²) >= 11 is 13.5. The summed E-state index contributed by atoms with van der Waals surface area (Å²) in [4.78, 5) is 20.5. The van der Waals surface area contributed by atoms with E-state index in [1.54, 1.807) is 17.0 Å². The predicted molar refractivity (Wildman–Crippen MR) is 140 cm³/mol. The van der Waals surface area contributed by atoms with Gasteiger partial charge in [0, 0.05) is 10.6 Å². The number of phenolic OH excluding ortho intramolecular Hbond substituents is 1. The molecule has 168 valence electrons. The van der Waals surface area contributed by atoms with Crippen LogP contribution in [-0.2, 0) is 4.79 Å². The molecule has 0 aromatic heterocycles. The number of rotatable bonds is 3. The van der Waals surface area contributed by atoms with Crippen LogP contribution in [0.3, 0.4) is 0 Å². The van der Waals surface area contributed by atoms with Gasteiger partial charge in [0.15, 0.2) is 5.17 Å². The first-order valence-electron chi connectivity index (χ1n) is 10.3. The molecule has 1 amide bonds. The van der Waals surface area contributed by atoms with Crippen molar-refractivity contribution in [3.05, 3.63) is 91.3 Å². The van der Waals surface area contributed by atoms with Crippen LogP contribution in [0.25, 0.3) is 6.08 Å². The minimum atomic E-state index is -0.228. The highest BCUT2D eigenvalue weighted by atomic mass is 35.5. The molecule has 1 N–H and O–H groups in total.